The maximum atomic E-state index is 11.3. The molecule has 0 aliphatic carbocycles. The van der Waals surface area contributed by atoms with Gasteiger partial charge in [0.25, 0.3) is 0 Å². The van der Waals surface area contributed by atoms with E-state index in [1.165, 1.54) is 12.1 Å². The average molecular weight is 329 g/mol. The van der Waals surface area contributed by atoms with Crippen LogP contribution < -0.4 is 0 Å². The predicted octanol–water partition coefficient (Wildman–Crippen LogP) is 0.384. The molecule has 0 aliphatic rings. The number of carbonyl (C=O) groups excluding carboxylic acids is 1. The lowest BCUT2D eigenvalue weighted by atomic mass is 10.1. The molecule has 22 heavy (non-hydrogen) atoms. The third-order valence-corrected chi connectivity index (χ3v) is 3.26. The van der Waals surface area contributed by atoms with E-state index in [-0.39, 0.29) is 30.9 Å². The molecule has 0 aromatic heterocycles. The van der Waals surface area contributed by atoms with Crippen molar-refractivity contribution in [2.24, 2.45) is 5.16 Å². The van der Waals surface area contributed by atoms with Crippen LogP contribution in [0.4, 0.5) is 0 Å². The molecule has 2 N–H and O–H groups in total. The van der Waals surface area contributed by atoms with E-state index in [1.54, 1.807) is 12.1 Å². The van der Waals surface area contributed by atoms with Crippen LogP contribution in [-0.2, 0) is 30.8 Å². The van der Waals surface area contributed by atoms with Gasteiger partial charge in [0.2, 0.25) is 0 Å². The van der Waals surface area contributed by atoms with Gasteiger partial charge in [-0.3, -0.25) is 9.59 Å². The fraction of sp³-hybridized carbons (Fsp3) is 0.308. The molecular weight excluding hydrogens is 314 g/mol. The van der Waals surface area contributed by atoms with Crippen molar-refractivity contribution in [1.82, 2.24) is 0 Å². The van der Waals surface area contributed by atoms with Crippen LogP contribution >= 0.6 is 0 Å². The highest BCUT2D eigenvalue weighted by Gasteiger charge is 2.11. The fourth-order valence-electron chi connectivity index (χ4n) is 1.55. The molecule has 0 saturated carbocycles. The monoisotopic (exact) mass is 329 g/mol. The first-order chi connectivity index (χ1) is 10.4. The third kappa shape index (κ3) is 6.35. The number of carbonyl (C=O) groups is 2. The molecule has 0 aliphatic heterocycles. The van der Waals surface area contributed by atoms with Crippen molar-refractivity contribution in [1.29, 1.82) is 0 Å². The van der Waals surface area contributed by atoms with Gasteiger partial charge in [0.1, 0.15) is 23.0 Å². The highest BCUT2D eigenvalue weighted by atomic mass is 32.2. The smallest absolute Gasteiger partial charge is 0.306 e. The molecule has 9 heteroatoms. The van der Waals surface area contributed by atoms with Gasteiger partial charge in [-0.2, -0.15) is 0 Å². The lowest BCUT2D eigenvalue weighted by Gasteiger charge is -2.07. The van der Waals surface area contributed by atoms with Gasteiger partial charge < -0.3 is 15.1 Å². The standard InChI is InChI=1S/C13H15NO7S/c15-12(16)5-6-13(17)21-7-11(14-18)10-3-1-9(2-4-10)8-22(19)20/h1-4,18,22H,5-8H2,(H,15,16). The Kier molecular flexibility index (Phi) is 7.03. The molecule has 1 aromatic rings. The van der Waals surface area contributed by atoms with Gasteiger partial charge in [0.15, 0.2) is 0 Å². The molecule has 0 heterocycles. The van der Waals surface area contributed by atoms with Crippen molar-refractivity contribution in [2.75, 3.05) is 6.61 Å². The van der Waals surface area contributed by atoms with E-state index < -0.39 is 22.6 Å². The first-order valence-electron chi connectivity index (χ1n) is 6.22. The summed E-state index contributed by atoms with van der Waals surface area (Å²) in [7, 11) is -2.53. The minimum atomic E-state index is -2.53. The summed E-state index contributed by atoms with van der Waals surface area (Å²) in [6.07, 6.45) is -0.615. The number of carboxylic acid groups (broad SMARTS) is 1. The zero-order valence-corrected chi connectivity index (χ0v) is 12.4. The zero-order valence-electron chi connectivity index (χ0n) is 11.5. The summed E-state index contributed by atoms with van der Waals surface area (Å²) in [6.45, 7) is -0.315. The normalized spacial score (nSPS) is 11.4. The molecule has 8 nitrogen and oxygen atoms in total. The first kappa shape index (κ1) is 17.6. The van der Waals surface area contributed by atoms with E-state index >= 15 is 0 Å². The Morgan fingerprint density at radius 3 is 2.27 bits per heavy atom. The van der Waals surface area contributed by atoms with E-state index in [0.29, 0.717) is 11.1 Å². The van der Waals surface area contributed by atoms with Gasteiger partial charge in [0, 0.05) is 5.56 Å². The SMILES string of the molecule is O=C(O)CCC(=O)OCC(=NO)c1ccc(C[SH](=O)=O)cc1. The Morgan fingerprint density at radius 1 is 1.14 bits per heavy atom. The third-order valence-electron chi connectivity index (χ3n) is 2.63. The maximum absolute atomic E-state index is 11.3. The first-order valence-corrected chi connectivity index (χ1v) is 7.58. The quantitative estimate of drug-likeness (QED) is 0.207. The zero-order chi connectivity index (χ0) is 16.5. The van der Waals surface area contributed by atoms with Crippen LogP contribution in [0.1, 0.15) is 24.0 Å². The number of carboxylic acids is 1. The van der Waals surface area contributed by atoms with Crippen molar-refractivity contribution in [3.05, 3.63) is 35.4 Å². The highest BCUT2D eigenvalue weighted by Crippen LogP contribution is 2.08. The summed E-state index contributed by atoms with van der Waals surface area (Å²) in [6, 6.07) is 6.18. The van der Waals surface area contributed by atoms with Crippen molar-refractivity contribution in [2.45, 2.75) is 18.6 Å². The van der Waals surface area contributed by atoms with Gasteiger partial charge in [-0.05, 0) is 5.56 Å². The van der Waals surface area contributed by atoms with Crippen molar-refractivity contribution >= 4 is 28.4 Å². The molecule has 0 spiro atoms. The Bertz CT molecular complexity index is 626. The molecule has 0 bridgehead atoms. The summed E-state index contributed by atoms with van der Waals surface area (Å²) in [5.74, 6) is -1.92. The summed E-state index contributed by atoms with van der Waals surface area (Å²) in [4.78, 5) is 21.6. The number of nitrogens with zero attached hydrogens (tertiary/aromatic N) is 1. The lowest BCUT2D eigenvalue weighted by Crippen LogP contribution is -2.16. The van der Waals surface area contributed by atoms with Crippen LogP contribution in [0.15, 0.2) is 29.4 Å². The average Bonchev–Trinajstić information content (AvgIpc) is 2.46. The maximum Gasteiger partial charge on any atom is 0.306 e. The number of hydrogen-bond acceptors (Lipinski definition) is 7. The number of thiol groups is 1. The van der Waals surface area contributed by atoms with E-state index in [0.717, 1.165) is 0 Å². The minimum absolute atomic E-state index is 0.0711. The summed E-state index contributed by atoms with van der Waals surface area (Å²) < 4.78 is 26.0. The fourth-order valence-corrected chi connectivity index (χ4v) is 2.06. The summed E-state index contributed by atoms with van der Waals surface area (Å²) in [5.41, 5.74) is 1.11. The van der Waals surface area contributed by atoms with Crippen LogP contribution in [0, 0.1) is 0 Å². The molecule has 0 radical (unpaired) electrons. The predicted molar refractivity (Wildman–Crippen MR) is 76.6 cm³/mol. The second-order valence-electron chi connectivity index (χ2n) is 4.29. The van der Waals surface area contributed by atoms with E-state index in [1.807, 2.05) is 0 Å². The number of esters is 1. The number of oxime groups is 1. The van der Waals surface area contributed by atoms with Gasteiger partial charge in [0.05, 0.1) is 18.6 Å². The van der Waals surface area contributed by atoms with Crippen LogP contribution in [-0.4, -0.2) is 43.0 Å². The lowest BCUT2D eigenvalue weighted by molar-refractivity contribution is -0.146. The molecule has 1 aromatic carbocycles. The number of aliphatic carboxylic acids is 1. The highest BCUT2D eigenvalue weighted by molar-refractivity contribution is 7.71. The molecule has 120 valence electrons. The Labute approximate surface area is 128 Å². The van der Waals surface area contributed by atoms with Gasteiger partial charge in [-0.15, -0.1) is 0 Å². The molecule has 0 saturated heterocycles. The van der Waals surface area contributed by atoms with E-state index in [4.69, 9.17) is 15.1 Å². The second kappa shape index (κ2) is 8.78. The summed E-state index contributed by atoms with van der Waals surface area (Å²) in [5, 5.41) is 20.4. The number of benzene rings is 1. The largest absolute Gasteiger partial charge is 0.481 e. The van der Waals surface area contributed by atoms with E-state index in [2.05, 4.69) is 5.16 Å². The Morgan fingerprint density at radius 2 is 1.77 bits per heavy atom. The van der Waals surface area contributed by atoms with Crippen molar-refractivity contribution in [3.63, 3.8) is 0 Å². The van der Waals surface area contributed by atoms with Crippen LogP contribution in [0.25, 0.3) is 0 Å². The second-order valence-corrected chi connectivity index (χ2v) is 5.27. The molecule has 1 rings (SSSR count). The molecule has 0 fully saturated rings. The van der Waals surface area contributed by atoms with Crippen molar-refractivity contribution in [3.8, 4) is 0 Å². The van der Waals surface area contributed by atoms with Crippen molar-refractivity contribution < 1.29 is 33.1 Å². The molecule has 0 unspecified atom stereocenters. The van der Waals surface area contributed by atoms with E-state index in [9.17, 15) is 18.0 Å². The van der Waals surface area contributed by atoms with Crippen LogP contribution in [0.2, 0.25) is 0 Å². The molecule has 0 amide bonds. The van der Waals surface area contributed by atoms with Gasteiger partial charge in [-0.1, -0.05) is 29.4 Å². The molecular formula is C13H15NO7S. The Hall–Kier alpha value is -2.42. The number of ether oxygens (including phenoxy) is 1. The van der Waals surface area contributed by atoms with Gasteiger partial charge in [-0.25, -0.2) is 8.42 Å². The van der Waals surface area contributed by atoms with Gasteiger partial charge >= 0.3 is 11.9 Å². The topological polar surface area (TPSA) is 130 Å². The number of hydrogen-bond donors (Lipinski definition) is 3. The Balaban J connectivity index is 2.61. The number of rotatable bonds is 8. The van der Waals surface area contributed by atoms with Crippen LogP contribution in [0.3, 0.4) is 0 Å². The van der Waals surface area contributed by atoms with Crippen LogP contribution in [0.5, 0.6) is 0 Å². The summed E-state index contributed by atoms with van der Waals surface area (Å²) >= 11 is 0. The minimum Gasteiger partial charge on any atom is -0.481 e. The molecule has 0 atom stereocenters.